The number of nitrogens with zero attached hydrogens (tertiary/aromatic N) is 1. The minimum atomic E-state index is 0.460. The van der Waals surface area contributed by atoms with Crippen molar-refractivity contribution >= 4 is 0 Å². The second kappa shape index (κ2) is 9.13. The average Bonchev–Trinajstić information content (AvgIpc) is 2.24. The van der Waals surface area contributed by atoms with Crippen LogP contribution in [0.3, 0.4) is 0 Å². The molecule has 0 aliphatic carbocycles. The van der Waals surface area contributed by atoms with E-state index in [1.165, 1.54) is 12.8 Å². The predicted molar refractivity (Wildman–Crippen MR) is 66.0 cm³/mol. The number of hydrogen-bond acceptors (Lipinski definition) is 3. The van der Waals surface area contributed by atoms with Crippen molar-refractivity contribution in [2.24, 2.45) is 11.7 Å². The van der Waals surface area contributed by atoms with E-state index in [0.29, 0.717) is 12.0 Å². The van der Waals surface area contributed by atoms with Gasteiger partial charge in [-0.3, -0.25) is 4.90 Å². The molecule has 0 aliphatic heterocycles. The minimum absolute atomic E-state index is 0.460. The number of nitrogens with two attached hydrogens (primary N) is 1. The minimum Gasteiger partial charge on any atom is -0.384 e. The maximum atomic E-state index is 5.85. The molecule has 2 N–H and O–H groups in total. The molecule has 3 heteroatoms. The molecule has 0 rings (SSSR count). The van der Waals surface area contributed by atoms with E-state index in [1.54, 1.807) is 7.11 Å². The second-order valence-corrected chi connectivity index (χ2v) is 4.22. The highest BCUT2D eigenvalue weighted by Gasteiger charge is 2.21. The quantitative estimate of drug-likeness (QED) is 0.638. The van der Waals surface area contributed by atoms with Gasteiger partial charge in [-0.2, -0.15) is 0 Å². The number of rotatable bonds is 9. The fourth-order valence-corrected chi connectivity index (χ4v) is 2.03. The topological polar surface area (TPSA) is 38.5 Å². The third kappa shape index (κ3) is 5.50. The summed E-state index contributed by atoms with van der Waals surface area (Å²) in [7, 11) is 1.76. The van der Waals surface area contributed by atoms with Crippen molar-refractivity contribution in [1.82, 2.24) is 4.90 Å². The zero-order valence-electron chi connectivity index (χ0n) is 10.8. The first-order valence-electron chi connectivity index (χ1n) is 6.14. The van der Waals surface area contributed by atoms with Crippen molar-refractivity contribution in [3.63, 3.8) is 0 Å². The molecule has 0 heterocycles. The smallest absolute Gasteiger partial charge is 0.0503 e. The maximum absolute atomic E-state index is 5.85. The van der Waals surface area contributed by atoms with Crippen LogP contribution in [0.5, 0.6) is 0 Å². The van der Waals surface area contributed by atoms with Gasteiger partial charge in [-0.1, -0.05) is 27.2 Å². The Labute approximate surface area is 95.0 Å². The molecule has 0 aromatic carbocycles. The van der Waals surface area contributed by atoms with Crippen LogP contribution in [-0.4, -0.2) is 44.3 Å². The number of unbranched alkanes of at least 4 members (excludes halogenated alkanes) is 1. The third-order valence-electron chi connectivity index (χ3n) is 3.00. The monoisotopic (exact) mass is 216 g/mol. The number of likely N-dealkylation sites (N-methyl/N-ethyl adjacent to an activating group) is 1. The number of hydrogen-bond donors (Lipinski definition) is 1. The van der Waals surface area contributed by atoms with E-state index >= 15 is 0 Å². The molecule has 2 unspecified atom stereocenters. The van der Waals surface area contributed by atoms with Crippen LogP contribution in [0.2, 0.25) is 0 Å². The average molecular weight is 216 g/mol. The summed E-state index contributed by atoms with van der Waals surface area (Å²) in [6.45, 7) is 10.4. The highest BCUT2D eigenvalue weighted by atomic mass is 16.5. The van der Waals surface area contributed by atoms with E-state index in [1.807, 2.05) is 0 Å². The van der Waals surface area contributed by atoms with E-state index in [-0.39, 0.29) is 0 Å². The standard InChI is InChI=1S/C12H28N2O/c1-5-7-8-14(6-2)12(9-13)11(3)10-15-4/h11-12H,5-10,13H2,1-4H3. The van der Waals surface area contributed by atoms with Gasteiger partial charge in [0.05, 0.1) is 6.61 Å². The molecule has 0 spiro atoms. The summed E-state index contributed by atoms with van der Waals surface area (Å²) in [6, 6.07) is 0.460. The van der Waals surface area contributed by atoms with Crippen molar-refractivity contribution in [3.05, 3.63) is 0 Å². The van der Waals surface area contributed by atoms with Crippen LogP contribution in [0.1, 0.15) is 33.6 Å². The second-order valence-electron chi connectivity index (χ2n) is 4.22. The molecule has 0 aliphatic rings. The van der Waals surface area contributed by atoms with Crippen LogP contribution in [0, 0.1) is 5.92 Å². The molecule has 0 saturated heterocycles. The molecule has 0 bridgehead atoms. The number of methoxy groups -OCH3 is 1. The van der Waals surface area contributed by atoms with Crippen LogP contribution in [0.25, 0.3) is 0 Å². The fraction of sp³-hybridized carbons (Fsp3) is 1.00. The van der Waals surface area contributed by atoms with Gasteiger partial charge in [-0.25, -0.2) is 0 Å². The van der Waals surface area contributed by atoms with Crippen molar-refractivity contribution in [3.8, 4) is 0 Å². The first-order valence-corrected chi connectivity index (χ1v) is 6.14. The zero-order chi connectivity index (χ0) is 11.7. The zero-order valence-corrected chi connectivity index (χ0v) is 10.8. The molecule has 0 amide bonds. The molecule has 0 fully saturated rings. The third-order valence-corrected chi connectivity index (χ3v) is 3.00. The van der Waals surface area contributed by atoms with E-state index in [2.05, 4.69) is 25.7 Å². The molecule has 0 radical (unpaired) electrons. The fourth-order valence-electron chi connectivity index (χ4n) is 2.03. The van der Waals surface area contributed by atoms with Crippen LogP contribution in [-0.2, 0) is 4.74 Å². The molecule has 15 heavy (non-hydrogen) atoms. The Morgan fingerprint density at radius 3 is 2.40 bits per heavy atom. The van der Waals surface area contributed by atoms with E-state index in [9.17, 15) is 0 Å². The summed E-state index contributed by atoms with van der Waals surface area (Å²) in [6.07, 6.45) is 2.50. The van der Waals surface area contributed by atoms with Gasteiger partial charge in [0.2, 0.25) is 0 Å². The number of ether oxygens (including phenoxy) is 1. The SMILES string of the molecule is CCCCN(CC)C(CN)C(C)COC. The summed E-state index contributed by atoms with van der Waals surface area (Å²) < 4.78 is 5.20. The molecule has 2 atom stereocenters. The Bertz CT molecular complexity index is 142. The molecular weight excluding hydrogens is 188 g/mol. The van der Waals surface area contributed by atoms with Crippen molar-refractivity contribution in [2.75, 3.05) is 33.4 Å². The van der Waals surface area contributed by atoms with Gasteiger partial charge < -0.3 is 10.5 Å². The van der Waals surface area contributed by atoms with Crippen molar-refractivity contribution < 1.29 is 4.74 Å². The summed E-state index contributed by atoms with van der Waals surface area (Å²) in [5.74, 6) is 0.511. The van der Waals surface area contributed by atoms with Gasteiger partial charge in [-0.05, 0) is 25.4 Å². The Balaban J connectivity index is 4.18. The predicted octanol–water partition coefficient (Wildman–Crippen LogP) is 1.72. The van der Waals surface area contributed by atoms with Gasteiger partial charge in [0.25, 0.3) is 0 Å². The largest absolute Gasteiger partial charge is 0.384 e. The highest BCUT2D eigenvalue weighted by molar-refractivity contribution is 4.77. The van der Waals surface area contributed by atoms with Crippen molar-refractivity contribution in [2.45, 2.75) is 39.7 Å². The van der Waals surface area contributed by atoms with Crippen LogP contribution in [0.15, 0.2) is 0 Å². The van der Waals surface area contributed by atoms with Crippen LogP contribution < -0.4 is 5.73 Å². The molecular formula is C12H28N2O. The summed E-state index contributed by atoms with van der Waals surface area (Å²) in [5.41, 5.74) is 5.85. The highest BCUT2D eigenvalue weighted by Crippen LogP contribution is 2.11. The molecule has 92 valence electrons. The summed E-state index contributed by atoms with van der Waals surface area (Å²) in [5, 5.41) is 0. The van der Waals surface area contributed by atoms with E-state index < -0.39 is 0 Å². The lowest BCUT2D eigenvalue weighted by molar-refractivity contribution is 0.0870. The molecule has 0 saturated carbocycles. The molecule has 0 aromatic heterocycles. The van der Waals surface area contributed by atoms with Gasteiger partial charge in [0.15, 0.2) is 0 Å². The summed E-state index contributed by atoms with van der Waals surface area (Å²) in [4.78, 5) is 2.48. The van der Waals surface area contributed by atoms with Crippen molar-refractivity contribution in [1.29, 1.82) is 0 Å². The Hall–Kier alpha value is -0.120. The van der Waals surface area contributed by atoms with Gasteiger partial charge >= 0.3 is 0 Å². The Morgan fingerprint density at radius 2 is 2.00 bits per heavy atom. The molecule has 0 aromatic rings. The van der Waals surface area contributed by atoms with E-state index in [0.717, 1.165) is 26.2 Å². The van der Waals surface area contributed by atoms with Crippen LogP contribution in [0.4, 0.5) is 0 Å². The Morgan fingerprint density at radius 1 is 1.33 bits per heavy atom. The van der Waals surface area contributed by atoms with Crippen LogP contribution >= 0.6 is 0 Å². The first-order chi connectivity index (χ1) is 7.21. The normalized spacial score (nSPS) is 15.6. The Kier molecular flexibility index (Phi) is 9.06. The lowest BCUT2D eigenvalue weighted by atomic mass is 10.0. The summed E-state index contributed by atoms with van der Waals surface area (Å²) >= 11 is 0. The van der Waals surface area contributed by atoms with E-state index in [4.69, 9.17) is 10.5 Å². The maximum Gasteiger partial charge on any atom is 0.0503 e. The lowest BCUT2D eigenvalue weighted by Gasteiger charge is -2.33. The molecule has 3 nitrogen and oxygen atoms in total. The van der Waals surface area contributed by atoms with Gasteiger partial charge in [0.1, 0.15) is 0 Å². The van der Waals surface area contributed by atoms with Gasteiger partial charge in [0, 0.05) is 19.7 Å². The first kappa shape index (κ1) is 14.9. The lowest BCUT2D eigenvalue weighted by Crippen LogP contribution is -2.46. The van der Waals surface area contributed by atoms with Gasteiger partial charge in [-0.15, -0.1) is 0 Å².